The Kier molecular flexibility index (Phi) is 4.32. The van der Waals surface area contributed by atoms with E-state index in [-0.39, 0.29) is 11.3 Å². The number of anilines is 1. The molecule has 1 fully saturated rings. The van der Waals surface area contributed by atoms with Crippen molar-refractivity contribution in [2.24, 2.45) is 0 Å². The lowest BCUT2D eigenvalue weighted by atomic mass is 10.0. The standard InChI is InChI=1S/C14H19NO4S/c1-10-7-8-13(12(9-10)14(16)17)15-20(18,19)11-5-3-2-4-6-11/h7-9,11,15H,2-6H2,1H3,(H,16,17). The van der Waals surface area contributed by atoms with Crippen molar-refractivity contribution in [2.75, 3.05) is 4.72 Å². The van der Waals surface area contributed by atoms with Gasteiger partial charge in [0.05, 0.1) is 16.5 Å². The van der Waals surface area contributed by atoms with Crippen molar-refractivity contribution in [3.63, 3.8) is 0 Å². The van der Waals surface area contributed by atoms with Crippen molar-refractivity contribution in [2.45, 2.75) is 44.3 Å². The second-order valence-electron chi connectivity index (χ2n) is 5.26. The molecule has 1 saturated carbocycles. The molecule has 1 aliphatic carbocycles. The van der Waals surface area contributed by atoms with Gasteiger partial charge in [-0.05, 0) is 31.9 Å². The summed E-state index contributed by atoms with van der Waals surface area (Å²) in [6.07, 6.45) is 4.17. The molecule has 110 valence electrons. The Morgan fingerprint density at radius 1 is 1.25 bits per heavy atom. The molecule has 1 aromatic rings. The van der Waals surface area contributed by atoms with E-state index in [1.165, 1.54) is 12.1 Å². The van der Waals surface area contributed by atoms with Gasteiger partial charge in [0, 0.05) is 0 Å². The van der Waals surface area contributed by atoms with E-state index < -0.39 is 21.2 Å². The predicted molar refractivity (Wildman–Crippen MR) is 77.6 cm³/mol. The molecule has 0 atom stereocenters. The average Bonchev–Trinajstić information content (AvgIpc) is 2.41. The van der Waals surface area contributed by atoms with Gasteiger partial charge in [-0.2, -0.15) is 0 Å². The molecule has 2 rings (SSSR count). The smallest absolute Gasteiger partial charge is 0.337 e. The Morgan fingerprint density at radius 2 is 1.90 bits per heavy atom. The highest BCUT2D eigenvalue weighted by Gasteiger charge is 2.28. The number of hydrogen-bond acceptors (Lipinski definition) is 3. The molecule has 5 nitrogen and oxygen atoms in total. The summed E-state index contributed by atoms with van der Waals surface area (Å²) in [4.78, 5) is 11.2. The van der Waals surface area contributed by atoms with Gasteiger partial charge in [-0.15, -0.1) is 0 Å². The minimum absolute atomic E-state index is 0.00983. The van der Waals surface area contributed by atoms with E-state index in [9.17, 15) is 13.2 Å². The molecule has 0 aliphatic heterocycles. The number of rotatable bonds is 4. The third-order valence-corrected chi connectivity index (χ3v) is 5.50. The minimum Gasteiger partial charge on any atom is -0.478 e. The van der Waals surface area contributed by atoms with E-state index in [1.807, 2.05) is 0 Å². The Bertz CT molecular complexity index is 604. The zero-order valence-corrected chi connectivity index (χ0v) is 12.2. The fraction of sp³-hybridized carbons (Fsp3) is 0.500. The number of nitrogens with one attached hydrogen (secondary N) is 1. The van der Waals surface area contributed by atoms with Gasteiger partial charge in [-0.1, -0.05) is 30.9 Å². The van der Waals surface area contributed by atoms with Gasteiger partial charge in [-0.25, -0.2) is 13.2 Å². The molecule has 0 spiro atoms. The summed E-state index contributed by atoms with van der Waals surface area (Å²) in [6, 6.07) is 4.69. The van der Waals surface area contributed by atoms with Crippen LogP contribution in [0.4, 0.5) is 5.69 Å². The second kappa shape index (κ2) is 5.83. The van der Waals surface area contributed by atoms with Crippen LogP contribution < -0.4 is 4.72 Å². The first-order valence-corrected chi connectivity index (χ1v) is 8.30. The van der Waals surface area contributed by atoms with E-state index >= 15 is 0 Å². The monoisotopic (exact) mass is 297 g/mol. The van der Waals surface area contributed by atoms with Crippen molar-refractivity contribution in [1.82, 2.24) is 0 Å². The van der Waals surface area contributed by atoms with Crippen LogP contribution in [0.15, 0.2) is 18.2 Å². The maximum absolute atomic E-state index is 12.3. The van der Waals surface area contributed by atoms with E-state index in [0.717, 1.165) is 24.8 Å². The number of carboxylic acids is 1. The highest BCUT2D eigenvalue weighted by atomic mass is 32.2. The van der Waals surface area contributed by atoms with Crippen molar-refractivity contribution < 1.29 is 18.3 Å². The first-order valence-electron chi connectivity index (χ1n) is 6.76. The van der Waals surface area contributed by atoms with Crippen molar-refractivity contribution in [3.05, 3.63) is 29.3 Å². The van der Waals surface area contributed by atoms with Gasteiger partial charge in [0.1, 0.15) is 0 Å². The van der Waals surface area contributed by atoms with Gasteiger partial charge in [0.2, 0.25) is 10.0 Å². The maximum Gasteiger partial charge on any atom is 0.337 e. The Balaban J connectivity index is 2.27. The Morgan fingerprint density at radius 3 is 2.50 bits per heavy atom. The second-order valence-corrected chi connectivity index (χ2v) is 7.22. The SMILES string of the molecule is Cc1ccc(NS(=O)(=O)C2CCCCC2)c(C(=O)O)c1. The van der Waals surface area contributed by atoms with Gasteiger partial charge in [-0.3, -0.25) is 4.72 Å². The number of hydrogen-bond donors (Lipinski definition) is 2. The fourth-order valence-corrected chi connectivity index (χ4v) is 4.14. The van der Waals surface area contributed by atoms with E-state index in [1.54, 1.807) is 13.0 Å². The minimum atomic E-state index is -3.52. The molecule has 0 saturated heterocycles. The quantitative estimate of drug-likeness (QED) is 0.895. The zero-order valence-electron chi connectivity index (χ0n) is 11.4. The normalized spacial score (nSPS) is 16.9. The average molecular weight is 297 g/mol. The van der Waals surface area contributed by atoms with Gasteiger partial charge >= 0.3 is 5.97 Å². The van der Waals surface area contributed by atoms with Crippen molar-refractivity contribution in [1.29, 1.82) is 0 Å². The van der Waals surface area contributed by atoms with Crippen LogP contribution in [0.25, 0.3) is 0 Å². The highest BCUT2D eigenvalue weighted by Crippen LogP contribution is 2.26. The molecule has 0 unspecified atom stereocenters. The first-order chi connectivity index (χ1) is 9.40. The molecular formula is C14H19NO4S. The highest BCUT2D eigenvalue weighted by molar-refractivity contribution is 7.93. The summed E-state index contributed by atoms with van der Waals surface area (Å²) < 4.78 is 27.1. The number of aromatic carboxylic acids is 1. The molecule has 6 heteroatoms. The van der Waals surface area contributed by atoms with E-state index in [2.05, 4.69) is 4.72 Å². The fourth-order valence-electron chi connectivity index (χ4n) is 2.54. The molecule has 0 bridgehead atoms. The first kappa shape index (κ1) is 14.8. The van der Waals surface area contributed by atoms with Crippen LogP contribution in [0.3, 0.4) is 0 Å². The molecule has 2 N–H and O–H groups in total. The molecule has 1 aliphatic rings. The third kappa shape index (κ3) is 3.30. The van der Waals surface area contributed by atoms with Gasteiger partial charge in [0.25, 0.3) is 0 Å². The molecule has 0 heterocycles. The molecule has 0 aromatic heterocycles. The molecular weight excluding hydrogens is 278 g/mol. The van der Waals surface area contributed by atoms with Crippen LogP contribution >= 0.6 is 0 Å². The summed E-state index contributed by atoms with van der Waals surface area (Å²) in [5, 5.41) is 8.75. The maximum atomic E-state index is 12.3. The number of carboxylic acid groups (broad SMARTS) is 1. The summed E-state index contributed by atoms with van der Waals surface area (Å²) in [5.41, 5.74) is 0.918. The summed E-state index contributed by atoms with van der Waals surface area (Å²) in [6.45, 7) is 1.77. The van der Waals surface area contributed by atoms with Crippen LogP contribution in [0.2, 0.25) is 0 Å². The number of aryl methyl sites for hydroxylation is 1. The molecule has 0 amide bonds. The number of sulfonamides is 1. The predicted octanol–water partition coefficient (Wildman–Crippen LogP) is 2.77. The van der Waals surface area contributed by atoms with E-state index in [0.29, 0.717) is 12.8 Å². The molecule has 0 radical (unpaired) electrons. The lowest BCUT2D eigenvalue weighted by molar-refractivity contribution is 0.0698. The molecule has 1 aromatic carbocycles. The molecule has 20 heavy (non-hydrogen) atoms. The lowest BCUT2D eigenvalue weighted by Crippen LogP contribution is -2.30. The summed E-state index contributed by atoms with van der Waals surface area (Å²) in [5.74, 6) is -1.13. The Hall–Kier alpha value is -1.56. The van der Waals surface area contributed by atoms with Crippen LogP contribution in [-0.2, 0) is 10.0 Å². The van der Waals surface area contributed by atoms with Gasteiger partial charge < -0.3 is 5.11 Å². The van der Waals surface area contributed by atoms with Crippen molar-refractivity contribution >= 4 is 21.7 Å². The number of benzene rings is 1. The Labute approximate surface area is 119 Å². The van der Waals surface area contributed by atoms with Crippen LogP contribution in [0.1, 0.15) is 48.0 Å². The van der Waals surface area contributed by atoms with Gasteiger partial charge in [0.15, 0.2) is 0 Å². The van der Waals surface area contributed by atoms with Crippen LogP contribution in [-0.4, -0.2) is 24.7 Å². The van der Waals surface area contributed by atoms with Crippen LogP contribution in [0, 0.1) is 6.92 Å². The summed E-state index contributed by atoms with van der Waals surface area (Å²) in [7, 11) is -3.52. The third-order valence-electron chi connectivity index (χ3n) is 3.65. The number of carbonyl (C=O) groups is 1. The topological polar surface area (TPSA) is 83.5 Å². The van der Waals surface area contributed by atoms with Crippen molar-refractivity contribution in [3.8, 4) is 0 Å². The largest absolute Gasteiger partial charge is 0.478 e. The summed E-state index contributed by atoms with van der Waals surface area (Å²) >= 11 is 0. The van der Waals surface area contributed by atoms with Crippen LogP contribution in [0.5, 0.6) is 0 Å². The van der Waals surface area contributed by atoms with E-state index in [4.69, 9.17) is 5.11 Å². The zero-order chi connectivity index (χ0) is 14.8. The lowest BCUT2D eigenvalue weighted by Gasteiger charge is -2.23.